The molecule has 2 atom stereocenters. The molecule has 0 saturated carbocycles. The minimum Gasteiger partial charge on any atom is -0.475 e. The van der Waals surface area contributed by atoms with Crippen LogP contribution in [-0.2, 0) is 27.2 Å². The summed E-state index contributed by atoms with van der Waals surface area (Å²) in [7, 11) is 0. The van der Waals surface area contributed by atoms with Crippen molar-refractivity contribution in [1.82, 2.24) is 10.6 Å². The van der Waals surface area contributed by atoms with Gasteiger partial charge in [-0.15, -0.1) is 0 Å². The van der Waals surface area contributed by atoms with Crippen LogP contribution >= 0.6 is 0 Å². The average Bonchev–Trinajstić information content (AvgIpc) is 3.35. The van der Waals surface area contributed by atoms with Gasteiger partial charge < -0.3 is 20.6 Å². The summed E-state index contributed by atoms with van der Waals surface area (Å²) < 4.78 is 31.7. The van der Waals surface area contributed by atoms with Crippen molar-refractivity contribution in [3.63, 3.8) is 0 Å². The number of para-hydroxylation sites is 1. The number of aliphatic carboxylic acids is 1. The molecule has 2 heterocycles. The fourth-order valence-electron chi connectivity index (χ4n) is 4.40. The summed E-state index contributed by atoms with van der Waals surface area (Å²) in [4.78, 5) is 36.4. The van der Waals surface area contributed by atoms with Gasteiger partial charge in [0.2, 0.25) is 5.91 Å². The van der Waals surface area contributed by atoms with E-state index < -0.39 is 12.1 Å². The lowest BCUT2D eigenvalue weighted by Crippen LogP contribution is -2.49. The zero-order valence-corrected chi connectivity index (χ0v) is 20.9. The third kappa shape index (κ3) is 8.72. The molecule has 2 aliphatic heterocycles. The second kappa shape index (κ2) is 13.8. The van der Waals surface area contributed by atoms with Gasteiger partial charge in [0, 0.05) is 24.4 Å². The molecule has 1 saturated heterocycles. The molecule has 0 bridgehead atoms. The first kappa shape index (κ1) is 28.9. The molecule has 0 radical (unpaired) electrons. The number of carboxylic acids is 1. The number of carbonyl (C=O) groups is 3. The van der Waals surface area contributed by atoms with Gasteiger partial charge in [-0.3, -0.25) is 9.59 Å². The van der Waals surface area contributed by atoms with Crippen molar-refractivity contribution in [3.8, 4) is 0 Å². The SMILES string of the molecule is O=C(N[C@H](C=CC(=O)N1CCc2ccccc21)CCc1ccccc1)[C@@H]1CCCCN1.O=C(O)C(F)(F)F. The topological polar surface area (TPSA) is 98.7 Å². The van der Waals surface area contributed by atoms with Crippen molar-refractivity contribution in [2.24, 2.45) is 0 Å². The number of nitrogens with one attached hydrogen (secondary N) is 2. The van der Waals surface area contributed by atoms with Crippen LogP contribution in [0.2, 0.25) is 0 Å². The summed E-state index contributed by atoms with van der Waals surface area (Å²) in [5.41, 5.74) is 3.43. The molecule has 4 rings (SSSR count). The van der Waals surface area contributed by atoms with E-state index in [1.165, 1.54) is 11.1 Å². The second-order valence-electron chi connectivity index (χ2n) is 9.17. The molecule has 2 aromatic rings. The van der Waals surface area contributed by atoms with Gasteiger partial charge in [0.15, 0.2) is 0 Å². The van der Waals surface area contributed by atoms with E-state index in [9.17, 15) is 22.8 Å². The maximum absolute atomic E-state index is 12.9. The summed E-state index contributed by atoms with van der Waals surface area (Å²) in [5, 5.41) is 13.6. The highest BCUT2D eigenvalue weighted by molar-refractivity contribution is 6.03. The Morgan fingerprint density at radius 1 is 1.08 bits per heavy atom. The van der Waals surface area contributed by atoms with Crippen molar-refractivity contribution >= 4 is 23.5 Å². The number of benzene rings is 2. The number of aryl methyl sites for hydroxylation is 1. The van der Waals surface area contributed by atoms with Crippen LogP contribution in [0.1, 0.15) is 36.8 Å². The Morgan fingerprint density at radius 3 is 2.42 bits per heavy atom. The molecule has 0 spiro atoms. The fourth-order valence-corrected chi connectivity index (χ4v) is 4.40. The summed E-state index contributed by atoms with van der Waals surface area (Å²) in [6.07, 6.45) is 3.95. The van der Waals surface area contributed by atoms with Gasteiger partial charge in [0.05, 0.1) is 6.04 Å². The predicted octanol–water partition coefficient (Wildman–Crippen LogP) is 4.02. The van der Waals surface area contributed by atoms with Crippen LogP contribution in [0.3, 0.4) is 0 Å². The van der Waals surface area contributed by atoms with Gasteiger partial charge >= 0.3 is 12.1 Å². The number of amides is 2. The zero-order valence-electron chi connectivity index (χ0n) is 20.9. The highest BCUT2D eigenvalue weighted by Gasteiger charge is 2.38. The Morgan fingerprint density at radius 2 is 1.76 bits per heavy atom. The number of anilines is 1. The van der Waals surface area contributed by atoms with Gasteiger partial charge in [-0.05, 0) is 55.8 Å². The van der Waals surface area contributed by atoms with E-state index >= 15 is 0 Å². The molecule has 10 heteroatoms. The first-order valence-corrected chi connectivity index (χ1v) is 12.6. The fraction of sp³-hybridized carbons (Fsp3) is 0.393. The van der Waals surface area contributed by atoms with E-state index in [1.807, 2.05) is 47.4 Å². The summed E-state index contributed by atoms with van der Waals surface area (Å²) in [5.74, 6) is -2.76. The lowest BCUT2D eigenvalue weighted by atomic mass is 10.0. The Labute approximate surface area is 219 Å². The molecule has 2 aliphatic rings. The summed E-state index contributed by atoms with van der Waals surface area (Å²) in [6, 6.07) is 18.0. The molecule has 2 aromatic carbocycles. The van der Waals surface area contributed by atoms with Gasteiger partial charge in [-0.1, -0.05) is 61.0 Å². The molecule has 1 fully saturated rings. The van der Waals surface area contributed by atoms with Crippen molar-refractivity contribution in [1.29, 1.82) is 0 Å². The van der Waals surface area contributed by atoms with Crippen LogP contribution in [0.4, 0.5) is 18.9 Å². The normalized spacial score (nSPS) is 17.8. The lowest BCUT2D eigenvalue weighted by molar-refractivity contribution is -0.192. The summed E-state index contributed by atoms with van der Waals surface area (Å²) in [6.45, 7) is 1.59. The molecular weight excluding hydrogens is 499 g/mol. The number of hydrogen-bond acceptors (Lipinski definition) is 4. The van der Waals surface area contributed by atoms with E-state index in [0.717, 1.165) is 50.8 Å². The minimum absolute atomic E-state index is 0.0281. The number of nitrogens with zero attached hydrogens (tertiary/aromatic N) is 1. The number of alkyl halides is 3. The maximum Gasteiger partial charge on any atom is 0.490 e. The first-order valence-electron chi connectivity index (χ1n) is 12.6. The molecular formula is C28H32F3N3O4. The van der Waals surface area contributed by atoms with Crippen molar-refractivity contribution < 1.29 is 32.7 Å². The van der Waals surface area contributed by atoms with E-state index in [2.05, 4.69) is 28.8 Å². The number of rotatable bonds is 7. The van der Waals surface area contributed by atoms with Gasteiger partial charge in [-0.2, -0.15) is 13.2 Å². The quantitative estimate of drug-likeness (QED) is 0.469. The molecule has 0 unspecified atom stereocenters. The van der Waals surface area contributed by atoms with Gasteiger partial charge in [-0.25, -0.2) is 4.79 Å². The average molecular weight is 532 g/mol. The molecule has 2 amide bonds. The highest BCUT2D eigenvalue weighted by Crippen LogP contribution is 2.27. The van der Waals surface area contributed by atoms with Crippen LogP contribution in [0, 0.1) is 0 Å². The van der Waals surface area contributed by atoms with Crippen molar-refractivity contribution in [2.75, 3.05) is 18.0 Å². The van der Waals surface area contributed by atoms with E-state index in [0.29, 0.717) is 6.54 Å². The van der Waals surface area contributed by atoms with Crippen LogP contribution in [0.25, 0.3) is 0 Å². The smallest absolute Gasteiger partial charge is 0.475 e. The third-order valence-corrected chi connectivity index (χ3v) is 6.41. The maximum atomic E-state index is 12.9. The molecule has 7 nitrogen and oxygen atoms in total. The van der Waals surface area contributed by atoms with E-state index in [4.69, 9.17) is 9.90 Å². The molecule has 38 heavy (non-hydrogen) atoms. The van der Waals surface area contributed by atoms with Gasteiger partial charge in [0.1, 0.15) is 0 Å². The highest BCUT2D eigenvalue weighted by atomic mass is 19.4. The van der Waals surface area contributed by atoms with Crippen LogP contribution in [0.15, 0.2) is 66.7 Å². The Bertz CT molecular complexity index is 1120. The lowest BCUT2D eigenvalue weighted by Gasteiger charge is -2.25. The monoisotopic (exact) mass is 531 g/mol. The molecule has 204 valence electrons. The van der Waals surface area contributed by atoms with Crippen LogP contribution in [-0.4, -0.2) is 54.2 Å². The van der Waals surface area contributed by atoms with Crippen LogP contribution < -0.4 is 15.5 Å². The number of piperidine rings is 1. The second-order valence-corrected chi connectivity index (χ2v) is 9.17. The third-order valence-electron chi connectivity index (χ3n) is 6.41. The number of halogens is 3. The predicted molar refractivity (Wildman–Crippen MR) is 138 cm³/mol. The van der Waals surface area contributed by atoms with E-state index in [1.54, 1.807) is 6.08 Å². The molecule has 3 N–H and O–H groups in total. The number of fused-ring (bicyclic) bond motifs is 1. The number of carbonyl (C=O) groups excluding carboxylic acids is 2. The minimum atomic E-state index is -5.08. The molecule has 0 aromatic heterocycles. The standard InChI is InChI=1S/C26H31N3O2.C2HF3O2/c30-25(29-19-17-21-10-4-5-12-24(21)29)16-15-22(14-13-20-8-2-1-3-9-20)28-26(31)23-11-6-7-18-27-23;3-2(4,5)1(6)7/h1-5,8-10,12,15-16,22-23,27H,6-7,11,13-14,17-19H2,(H,28,31);(H,6,7)/t22-,23-;/m0./s1. The largest absolute Gasteiger partial charge is 0.490 e. The summed E-state index contributed by atoms with van der Waals surface area (Å²) >= 11 is 0. The van der Waals surface area contributed by atoms with Gasteiger partial charge in [0.25, 0.3) is 5.91 Å². The van der Waals surface area contributed by atoms with Crippen molar-refractivity contribution in [3.05, 3.63) is 77.9 Å². The zero-order chi connectivity index (χ0) is 27.5. The number of hydrogen-bond donors (Lipinski definition) is 3. The Hall–Kier alpha value is -3.66. The van der Waals surface area contributed by atoms with E-state index in [-0.39, 0.29) is 23.9 Å². The molecule has 0 aliphatic carbocycles. The van der Waals surface area contributed by atoms with Crippen LogP contribution in [0.5, 0.6) is 0 Å². The number of carboxylic acid groups (broad SMARTS) is 1. The van der Waals surface area contributed by atoms with Crippen molar-refractivity contribution in [2.45, 2.75) is 56.8 Å². The Balaban J connectivity index is 0.000000505. The Kier molecular flexibility index (Phi) is 10.5. The first-order chi connectivity index (χ1) is 18.1.